The van der Waals surface area contributed by atoms with E-state index in [1.807, 2.05) is 30.7 Å². The quantitative estimate of drug-likeness (QED) is 0.695. The third-order valence-corrected chi connectivity index (χ3v) is 7.05. The first-order valence-electron chi connectivity index (χ1n) is 9.10. The molecule has 28 heavy (non-hydrogen) atoms. The molecule has 1 aromatic carbocycles. The van der Waals surface area contributed by atoms with Gasteiger partial charge >= 0.3 is 0 Å². The van der Waals surface area contributed by atoms with Gasteiger partial charge in [0.15, 0.2) is 9.84 Å². The maximum absolute atomic E-state index is 12.5. The van der Waals surface area contributed by atoms with Gasteiger partial charge in [-0.05, 0) is 44.0 Å². The number of rotatable bonds is 5. The molecule has 0 bridgehead atoms. The van der Waals surface area contributed by atoms with Crippen molar-refractivity contribution in [1.82, 2.24) is 14.7 Å². The SMILES string of the molecule is Cc1nn([C@@H]2CCS(=O)(=O)C2)c(C)c1CN(C)C(=O)/C=C/c1cccc(Cl)c1. The van der Waals surface area contributed by atoms with Gasteiger partial charge in [-0.3, -0.25) is 9.48 Å². The van der Waals surface area contributed by atoms with E-state index in [0.717, 1.165) is 22.5 Å². The van der Waals surface area contributed by atoms with Crippen LogP contribution in [0.3, 0.4) is 0 Å². The number of carbonyl (C=O) groups is 1. The lowest BCUT2D eigenvalue weighted by Crippen LogP contribution is -2.24. The van der Waals surface area contributed by atoms with E-state index in [1.165, 1.54) is 6.08 Å². The molecule has 2 aromatic rings. The molecule has 0 saturated carbocycles. The summed E-state index contributed by atoms with van der Waals surface area (Å²) in [4.78, 5) is 14.1. The van der Waals surface area contributed by atoms with E-state index in [9.17, 15) is 13.2 Å². The summed E-state index contributed by atoms with van der Waals surface area (Å²) in [5, 5.41) is 5.18. The summed E-state index contributed by atoms with van der Waals surface area (Å²) < 4.78 is 25.4. The largest absolute Gasteiger partial charge is 0.338 e. The van der Waals surface area contributed by atoms with Gasteiger partial charge in [-0.15, -0.1) is 0 Å². The van der Waals surface area contributed by atoms with Crippen LogP contribution in [-0.4, -0.2) is 47.6 Å². The summed E-state index contributed by atoms with van der Waals surface area (Å²) >= 11 is 5.96. The van der Waals surface area contributed by atoms with Gasteiger partial charge in [0, 0.05) is 35.9 Å². The number of hydrogen-bond donors (Lipinski definition) is 0. The highest BCUT2D eigenvalue weighted by Crippen LogP contribution is 2.27. The van der Waals surface area contributed by atoms with Gasteiger partial charge < -0.3 is 4.90 Å². The highest BCUT2D eigenvalue weighted by molar-refractivity contribution is 7.91. The van der Waals surface area contributed by atoms with Crippen molar-refractivity contribution in [2.75, 3.05) is 18.6 Å². The van der Waals surface area contributed by atoms with Crippen LogP contribution in [0, 0.1) is 13.8 Å². The second-order valence-corrected chi connectivity index (χ2v) is 9.90. The molecular weight excluding hydrogens is 398 g/mol. The number of nitrogens with zero attached hydrogens (tertiary/aromatic N) is 3. The van der Waals surface area contributed by atoms with Gasteiger partial charge in [-0.25, -0.2) is 8.42 Å². The summed E-state index contributed by atoms with van der Waals surface area (Å²) in [6, 6.07) is 7.16. The molecule has 0 N–H and O–H groups in total. The molecule has 150 valence electrons. The Balaban J connectivity index is 1.71. The fraction of sp³-hybridized carbons (Fsp3) is 0.400. The van der Waals surface area contributed by atoms with E-state index in [2.05, 4.69) is 5.10 Å². The summed E-state index contributed by atoms with van der Waals surface area (Å²) in [7, 11) is -1.24. The van der Waals surface area contributed by atoms with Crippen molar-refractivity contribution in [3.05, 3.63) is 57.9 Å². The van der Waals surface area contributed by atoms with E-state index < -0.39 is 9.84 Å². The number of aromatic nitrogens is 2. The summed E-state index contributed by atoms with van der Waals surface area (Å²) in [6.07, 6.45) is 3.84. The minimum absolute atomic E-state index is 0.124. The van der Waals surface area contributed by atoms with Crippen LogP contribution in [-0.2, 0) is 21.2 Å². The molecule has 3 rings (SSSR count). The van der Waals surface area contributed by atoms with Crippen LogP contribution in [0.4, 0.5) is 0 Å². The van der Waals surface area contributed by atoms with E-state index in [4.69, 9.17) is 11.6 Å². The van der Waals surface area contributed by atoms with Crippen LogP contribution in [0.2, 0.25) is 5.02 Å². The van der Waals surface area contributed by atoms with E-state index >= 15 is 0 Å². The third-order valence-electron chi connectivity index (χ3n) is 5.07. The van der Waals surface area contributed by atoms with Crippen LogP contribution < -0.4 is 0 Å². The fourth-order valence-electron chi connectivity index (χ4n) is 3.47. The van der Waals surface area contributed by atoms with Crippen LogP contribution >= 0.6 is 11.6 Å². The number of benzene rings is 1. The lowest BCUT2D eigenvalue weighted by molar-refractivity contribution is -0.125. The Labute approximate surface area is 170 Å². The second-order valence-electron chi connectivity index (χ2n) is 7.23. The molecule has 1 amide bonds. The monoisotopic (exact) mass is 421 g/mol. The standard InChI is InChI=1S/C20H24ClN3O3S/c1-14-19(15(2)24(22-14)18-9-10-28(26,27)13-18)12-23(3)20(25)8-7-16-5-4-6-17(21)11-16/h4-8,11,18H,9-10,12-13H2,1-3H3/b8-7+/t18-/m1/s1. The number of sulfone groups is 1. The zero-order valence-corrected chi connectivity index (χ0v) is 17.8. The van der Waals surface area contributed by atoms with Crippen molar-refractivity contribution in [1.29, 1.82) is 0 Å². The summed E-state index contributed by atoms with van der Waals surface area (Å²) in [5.41, 5.74) is 3.55. The van der Waals surface area contributed by atoms with Crippen molar-refractivity contribution in [2.45, 2.75) is 32.9 Å². The Morgan fingerprint density at radius 2 is 2.14 bits per heavy atom. The molecule has 1 aliphatic rings. The lowest BCUT2D eigenvalue weighted by atomic mass is 10.1. The fourth-order valence-corrected chi connectivity index (χ4v) is 5.36. The number of hydrogen-bond acceptors (Lipinski definition) is 4. The highest BCUT2D eigenvalue weighted by atomic mass is 35.5. The normalized spacial score (nSPS) is 18.6. The topological polar surface area (TPSA) is 72.3 Å². The molecule has 0 radical (unpaired) electrons. The first-order chi connectivity index (χ1) is 13.2. The van der Waals surface area contributed by atoms with Gasteiger partial charge in [-0.1, -0.05) is 23.7 Å². The van der Waals surface area contributed by atoms with Crippen LogP contribution in [0.15, 0.2) is 30.3 Å². The smallest absolute Gasteiger partial charge is 0.246 e. The number of aryl methyl sites for hydroxylation is 1. The van der Waals surface area contributed by atoms with Gasteiger partial charge in [0.05, 0.1) is 23.2 Å². The molecule has 0 aliphatic carbocycles. The summed E-state index contributed by atoms with van der Waals surface area (Å²) in [5.74, 6) is 0.207. The predicted octanol–water partition coefficient (Wildman–Crippen LogP) is 3.18. The number of halogens is 1. The molecule has 2 heterocycles. The van der Waals surface area contributed by atoms with Gasteiger partial charge in [0.2, 0.25) is 5.91 Å². The molecule has 8 heteroatoms. The van der Waals surface area contributed by atoms with Crippen LogP contribution in [0.25, 0.3) is 6.08 Å². The predicted molar refractivity (Wildman–Crippen MR) is 111 cm³/mol. The van der Waals surface area contributed by atoms with Gasteiger partial charge in [0.1, 0.15) is 0 Å². The highest BCUT2D eigenvalue weighted by Gasteiger charge is 2.31. The first kappa shape index (κ1) is 20.6. The van der Waals surface area contributed by atoms with Gasteiger partial charge in [0.25, 0.3) is 0 Å². The number of amides is 1. The number of likely N-dealkylation sites (N-methyl/N-ethyl adjacent to an activating group) is 1. The Kier molecular flexibility index (Phi) is 5.95. The van der Waals surface area contributed by atoms with Crippen LogP contribution in [0.1, 0.15) is 35.0 Å². The second kappa shape index (κ2) is 8.09. The Morgan fingerprint density at radius 1 is 1.39 bits per heavy atom. The van der Waals surface area contributed by atoms with Crippen molar-refractivity contribution < 1.29 is 13.2 Å². The summed E-state index contributed by atoms with van der Waals surface area (Å²) in [6.45, 7) is 4.23. The molecule has 1 aromatic heterocycles. The number of carbonyl (C=O) groups excluding carboxylic acids is 1. The maximum Gasteiger partial charge on any atom is 0.246 e. The average Bonchev–Trinajstić information content (AvgIpc) is 3.13. The molecule has 0 unspecified atom stereocenters. The van der Waals surface area contributed by atoms with Crippen molar-refractivity contribution >= 4 is 33.4 Å². The first-order valence-corrected chi connectivity index (χ1v) is 11.3. The zero-order chi connectivity index (χ0) is 20.5. The van der Waals surface area contributed by atoms with Crippen molar-refractivity contribution in [3.8, 4) is 0 Å². The van der Waals surface area contributed by atoms with E-state index in [-0.39, 0.29) is 23.5 Å². The average molecular weight is 422 g/mol. The van der Waals surface area contributed by atoms with Crippen molar-refractivity contribution in [3.63, 3.8) is 0 Å². The Hall–Kier alpha value is -2.12. The molecule has 1 saturated heterocycles. The lowest BCUT2D eigenvalue weighted by Gasteiger charge is -2.16. The Morgan fingerprint density at radius 3 is 2.79 bits per heavy atom. The Bertz CT molecular complexity index is 1030. The molecule has 1 aliphatic heterocycles. The zero-order valence-electron chi connectivity index (χ0n) is 16.2. The molecular formula is C20H24ClN3O3S. The molecule has 6 nitrogen and oxygen atoms in total. The van der Waals surface area contributed by atoms with E-state index in [1.54, 1.807) is 30.2 Å². The van der Waals surface area contributed by atoms with Crippen LogP contribution in [0.5, 0.6) is 0 Å². The maximum atomic E-state index is 12.5. The minimum atomic E-state index is -2.98. The minimum Gasteiger partial charge on any atom is -0.338 e. The molecule has 1 fully saturated rings. The van der Waals surface area contributed by atoms with Crippen molar-refractivity contribution in [2.24, 2.45) is 0 Å². The molecule has 0 spiro atoms. The molecule has 1 atom stereocenters. The van der Waals surface area contributed by atoms with Gasteiger partial charge in [-0.2, -0.15) is 5.10 Å². The van der Waals surface area contributed by atoms with E-state index in [0.29, 0.717) is 18.0 Å². The third kappa shape index (κ3) is 4.64.